The third-order valence-corrected chi connectivity index (χ3v) is 3.38. The second-order valence-corrected chi connectivity index (χ2v) is 5.17. The van der Waals surface area contributed by atoms with Crippen LogP contribution in [0.4, 0.5) is 0 Å². The van der Waals surface area contributed by atoms with Gasteiger partial charge in [-0.1, -0.05) is 66.7 Å². The Morgan fingerprint density at radius 2 is 1.57 bits per heavy atom. The molecule has 0 heterocycles. The minimum absolute atomic E-state index is 0.0594. The SMILES string of the molecule is C=CCNC(=S)N/C=C(/C(=O)c1ccccc1)c1ccccc1. The van der Waals surface area contributed by atoms with E-state index in [2.05, 4.69) is 17.2 Å². The van der Waals surface area contributed by atoms with E-state index in [1.54, 1.807) is 24.4 Å². The van der Waals surface area contributed by atoms with Crippen molar-refractivity contribution in [3.63, 3.8) is 0 Å². The van der Waals surface area contributed by atoms with E-state index in [0.29, 0.717) is 22.8 Å². The average molecular weight is 322 g/mol. The lowest BCUT2D eigenvalue weighted by atomic mass is 9.98. The predicted octanol–water partition coefficient (Wildman–Crippen LogP) is 3.56. The van der Waals surface area contributed by atoms with Crippen molar-refractivity contribution in [1.82, 2.24) is 10.6 Å². The molecule has 2 rings (SSSR count). The van der Waals surface area contributed by atoms with Crippen molar-refractivity contribution in [2.45, 2.75) is 0 Å². The number of hydrogen-bond donors (Lipinski definition) is 2. The van der Waals surface area contributed by atoms with Gasteiger partial charge in [-0.3, -0.25) is 4.79 Å². The number of carbonyl (C=O) groups is 1. The summed E-state index contributed by atoms with van der Waals surface area (Å²) in [5.74, 6) is -0.0594. The molecule has 0 aliphatic heterocycles. The predicted molar refractivity (Wildman–Crippen MR) is 99.1 cm³/mol. The number of allylic oxidation sites excluding steroid dienone is 1. The zero-order chi connectivity index (χ0) is 16.5. The number of ketones is 1. The van der Waals surface area contributed by atoms with Gasteiger partial charge < -0.3 is 10.6 Å². The molecule has 2 N–H and O–H groups in total. The molecule has 0 bridgehead atoms. The van der Waals surface area contributed by atoms with Gasteiger partial charge in [-0.2, -0.15) is 0 Å². The molecule has 0 saturated heterocycles. The van der Waals surface area contributed by atoms with Crippen LogP contribution < -0.4 is 10.6 Å². The molecule has 4 heteroatoms. The van der Waals surface area contributed by atoms with Crippen molar-refractivity contribution in [3.8, 4) is 0 Å². The standard InChI is InChI=1S/C19H18N2OS/c1-2-13-20-19(23)21-14-17(15-9-5-3-6-10-15)18(22)16-11-7-4-8-12-16/h2-12,14H,1,13H2,(H2,20,21,23)/b17-14+. The van der Waals surface area contributed by atoms with Crippen molar-refractivity contribution in [1.29, 1.82) is 0 Å². The third-order valence-electron chi connectivity index (χ3n) is 3.12. The van der Waals surface area contributed by atoms with Crippen LogP contribution in [0.15, 0.2) is 79.5 Å². The quantitative estimate of drug-likeness (QED) is 0.369. The number of Topliss-reactive ketones (excluding diaryl/α,β-unsaturated/α-hetero) is 1. The molecule has 0 unspecified atom stereocenters. The van der Waals surface area contributed by atoms with Gasteiger partial charge >= 0.3 is 0 Å². The summed E-state index contributed by atoms with van der Waals surface area (Å²) in [6, 6.07) is 18.7. The molecule has 2 aromatic rings. The molecule has 0 radical (unpaired) electrons. The Bertz CT molecular complexity index is 709. The normalized spacial score (nSPS) is 10.7. The molecule has 0 spiro atoms. The minimum Gasteiger partial charge on any atom is -0.359 e. The molecule has 116 valence electrons. The van der Waals surface area contributed by atoms with E-state index in [4.69, 9.17) is 12.2 Å². The van der Waals surface area contributed by atoms with E-state index in [1.165, 1.54) is 0 Å². The lowest BCUT2D eigenvalue weighted by molar-refractivity contribution is 0.105. The summed E-state index contributed by atoms with van der Waals surface area (Å²) < 4.78 is 0. The van der Waals surface area contributed by atoms with Crippen LogP contribution in [0.5, 0.6) is 0 Å². The van der Waals surface area contributed by atoms with Crippen molar-refractivity contribution < 1.29 is 4.79 Å². The fourth-order valence-corrected chi connectivity index (χ4v) is 2.14. The summed E-state index contributed by atoms with van der Waals surface area (Å²) in [4.78, 5) is 12.8. The lowest BCUT2D eigenvalue weighted by Crippen LogP contribution is -2.32. The van der Waals surface area contributed by atoms with Gasteiger partial charge in [0, 0.05) is 23.9 Å². The molecule has 0 aliphatic rings. The summed E-state index contributed by atoms with van der Waals surface area (Å²) >= 11 is 5.17. The zero-order valence-electron chi connectivity index (χ0n) is 12.7. The molecule has 0 aliphatic carbocycles. The van der Waals surface area contributed by atoms with Gasteiger partial charge in [0.05, 0.1) is 0 Å². The molecule has 0 atom stereocenters. The second-order valence-electron chi connectivity index (χ2n) is 4.76. The van der Waals surface area contributed by atoms with Crippen LogP contribution in [-0.4, -0.2) is 17.4 Å². The summed E-state index contributed by atoms with van der Waals surface area (Å²) in [6.45, 7) is 4.19. The lowest BCUT2D eigenvalue weighted by Gasteiger charge is -2.10. The van der Waals surface area contributed by atoms with E-state index in [1.807, 2.05) is 48.5 Å². The van der Waals surface area contributed by atoms with Crippen molar-refractivity contribution in [3.05, 3.63) is 90.6 Å². The number of benzene rings is 2. The minimum atomic E-state index is -0.0594. The first-order valence-corrected chi connectivity index (χ1v) is 7.64. The molecule has 0 amide bonds. The molecular formula is C19H18N2OS. The van der Waals surface area contributed by atoms with Gasteiger partial charge in [0.1, 0.15) is 0 Å². The first kappa shape index (κ1) is 16.6. The van der Waals surface area contributed by atoms with Crippen LogP contribution >= 0.6 is 12.2 Å². The number of carbonyl (C=O) groups excluding carboxylic acids is 1. The first-order valence-electron chi connectivity index (χ1n) is 7.23. The zero-order valence-corrected chi connectivity index (χ0v) is 13.5. The Balaban J connectivity index is 2.27. The fourth-order valence-electron chi connectivity index (χ4n) is 2.00. The Morgan fingerprint density at radius 3 is 2.13 bits per heavy atom. The van der Waals surface area contributed by atoms with E-state index >= 15 is 0 Å². The Labute approximate surface area is 141 Å². The topological polar surface area (TPSA) is 41.1 Å². The van der Waals surface area contributed by atoms with Crippen LogP contribution in [0, 0.1) is 0 Å². The van der Waals surface area contributed by atoms with Crippen LogP contribution in [0.3, 0.4) is 0 Å². The number of hydrogen-bond acceptors (Lipinski definition) is 2. The van der Waals surface area contributed by atoms with Gasteiger partial charge in [-0.25, -0.2) is 0 Å². The number of thiocarbonyl (C=S) groups is 1. The average Bonchev–Trinajstić information content (AvgIpc) is 2.61. The largest absolute Gasteiger partial charge is 0.359 e. The second kappa shape index (κ2) is 8.66. The Morgan fingerprint density at radius 1 is 1.00 bits per heavy atom. The molecule has 0 fully saturated rings. The molecular weight excluding hydrogens is 304 g/mol. The summed E-state index contributed by atoms with van der Waals surface area (Å²) in [6.07, 6.45) is 3.36. The molecule has 3 nitrogen and oxygen atoms in total. The van der Waals surface area contributed by atoms with Crippen LogP contribution in [0.2, 0.25) is 0 Å². The Kier molecular flexibility index (Phi) is 6.27. The van der Waals surface area contributed by atoms with Crippen LogP contribution in [-0.2, 0) is 0 Å². The van der Waals surface area contributed by atoms with E-state index < -0.39 is 0 Å². The van der Waals surface area contributed by atoms with Crippen molar-refractivity contribution in [2.75, 3.05) is 6.54 Å². The van der Waals surface area contributed by atoms with Gasteiger partial charge in [0.25, 0.3) is 0 Å². The summed E-state index contributed by atoms with van der Waals surface area (Å²) in [5, 5.41) is 6.36. The third kappa shape index (κ3) is 4.90. The maximum absolute atomic E-state index is 12.8. The number of rotatable bonds is 6. The molecule has 23 heavy (non-hydrogen) atoms. The van der Waals surface area contributed by atoms with Crippen LogP contribution in [0.1, 0.15) is 15.9 Å². The maximum atomic E-state index is 12.8. The highest BCUT2D eigenvalue weighted by molar-refractivity contribution is 7.80. The van der Waals surface area contributed by atoms with Crippen LogP contribution in [0.25, 0.3) is 5.57 Å². The van der Waals surface area contributed by atoms with Gasteiger partial charge in [-0.05, 0) is 17.8 Å². The van der Waals surface area contributed by atoms with E-state index in [0.717, 1.165) is 5.56 Å². The smallest absolute Gasteiger partial charge is 0.195 e. The maximum Gasteiger partial charge on any atom is 0.195 e. The summed E-state index contributed by atoms with van der Waals surface area (Å²) in [5.41, 5.74) is 2.02. The molecule has 0 aromatic heterocycles. The van der Waals surface area contributed by atoms with Crippen molar-refractivity contribution in [2.24, 2.45) is 0 Å². The van der Waals surface area contributed by atoms with Gasteiger partial charge in [0.15, 0.2) is 10.9 Å². The summed E-state index contributed by atoms with van der Waals surface area (Å²) in [7, 11) is 0. The van der Waals surface area contributed by atoms with Gasteiger partial charge in [-0.15, -0.1) is 6.58 Å². The molecule has 0 saturated carbocycles. The number of nitrogens with one attached hydrogen (secondary N) is 2. The molecule has 2 aromatic carbocycles. The highest BCUT2D eigenvalue weighted by Crippen LogP contribution is 2.19. The van der Waals surface area contributed by atoms with Gasteiger partial charge in [0.2, 0.25) is 0 Å². The highest BCUT2D eigenvalue weighted by atomic mass is 32.1. The van der Waals surface area contributed by atoms with Crippen molar-refractivity contribution >= 4 is 28.7 Å². The van der Waals surface area contributed by atoms with E-state index in [-0.39, 0.29) is 5.78 Å². The first-order chi connectivity index (χ1) is 11.2. The fraction of sp³-hybridized carbons (Fsp3) is 0.0526. The highest BCUT2D eigenvalue weighted by Gasteiger charge is 2.14. The van der Waals surface area contributed by atoms with E-state index in [9.17, 15) is 4.79 Å². The monoisotopic (exact) mass is 322 g/mol. The Hall–Kier alpha value is -2.72.